The second kappa shape index (κ2) is 5.53. The van der Waals surface area contributed by atoms with Crippen LogP contribution in [0.15, 0.2) is 18.2 Å². The molecule has 0 bridgehead atoms. The minimum absolute atomic E-state index is 0.365. The molecule has 0 aromatic heterocycles. The molecule has 0 aliphatic rings. The molecule has 0 amide bonds. The van der Waals surface area contributed by atoms with Gasteiger partial charge in [-0.15, -0.1) is 0 Å². The Hall–Kier alpha value is -1.33. The maximum absolute atomic E-state index is 12.9. The standard InChI is InChI=1S/C10H14FNO3/c1-14-10(15-2)6-12-7-3-4-9(13)8(11)5-7/h3-5,10,12-13H,6H2,1-2H3. The number of ether oxygens (including phenoxy) is 2. The van der Waals surface area contributed by atoms with E-state index in [1.165, 1.54) is 26.4 Å². The lowest BCUT2D eigenvalue weighted by atomic mass is 10.3. The number of aromatic hydroxyl groups is 1. The second-order valence-corrected chi connectivity index (χ2v) is 2.95. The molecule has 0 aliphatic heterocycles. The molecule has 4 nitrogen and oxygen atoms in total. The van der Waals surface area contributed by atoms with Crippen molar-refractivity contribution in [3.8, 4) is 5.75 Å². The van der Waals surface area contributed by atoms with E-state index >= 15 is 0 Å². The zero-order chi connectivity index (χ0) is 11.3. The van der Waals surface area contributed by atoms with Gasteiger partial charge in [0.05, 0.1) is 6.54 Å². The third-order valence-electron chi connectivity index (χ3n) is 1.95. The van der Waals surface area contributed by atoms with Crippen LogP contribution in [-0.2, 0) is 9.47 Å². The minimum atomic E-state index is -0.661. The Morgan fingerprint density at radius 1 is 1.40 bits per heavy atom. The summed E-state index contributed by atoms with van der Waals surface area (Å²) >= 11 is 0. The number of hydrogen-bond acceptors (Lipinski definition) is 4. The number of hydrogen-bond donors (Lipinski definition) is 2. The molecule has 0 heterocycles. The highest BCUT2D eigenvalue weighted by molar-refractivity contribution is 5.46. The first-order valence-electron chi connectivity index (χ1n) is 4.45. The van der Waals surface area contributed by atoms with Crippen molar-refractivity contribution in [2.45, 2.75) is 6.29 Å². The minimum Gasteiger partial charge on any atom is -0.505 e. The van der Waals surface area contributed by atoms with E-state index in [1.54, 1.807) is 6.07 Å². The molecule has 0 saturated carbocycles. The van der Waals surface area contributed by atoms with E-state index in [4.69, 9.17) is 14.6 Å². The zero-order valence-corrected chi connectivity index (χ0v) is 8.66. The van der Waals surface area contributed by atoms with E-state index in [0.29, 0.717) is 12.2 Å². The van der Waals surface area contributed by atoms with Crippen LogP contribution < -0.4 is 5.32 Å². The lowest BCUT2D eigenvalue weighted by molar-refractivity contribution is -0.0914. The van der Waals surface area contributed by atoms with Crippen molar-refractivity contribution in [1.82, 2.24) is 0 Å². The van der Waals surface area contributed by atoms with Crippen LogP contribution in [0.5, 0.6) is 5.75 Å². The highest BCUT2D eigenvalue weighted by Crippen LogP contribution is 2.19. The number of rotatable bonds is 5. The molecule has 0 fully saturated rings. The number of phenols is 1. The molecule has 1 aromatic carbocycles. The van der Waals surface area contributed by atoms with Crippen LogP contribution in [0.3, 0.4) is 0 Å². The van der Waals surface area contributed by atoms with Crippen molar-refractivity contribution < 1.29 is 19.0 Å². The SMILES string of the molecule is COC(CNc1ccc(O)c(F)c1)OC. The molecular formula is C10H14FNO3. The molecule has 0 unspecified atom stereocenters. The monoisotopic (exact) mass is 215 g/mol. The van der Waals surface area contributed by atoms with Crippen LogP contribution in [0, 0.1) is 5.82 Å². The number of nitrogens with one attached hydrogen (secondary N) is 1. The van der Waals surface area contributed by atoms with Gasteiger partial charge >= 0.3 is 0 Å². The van der Waals surface area contributed by atoms with Crippen molar-refractivity contribution in [2.24, 2.45) is 0 Å². The van der Waals surface area contributed by atoms with Gasteiger partial charge in [0.25, 0.3) is 0 Å². The summed E-state index contributed by atoms with van der Waals surface area (Å²) in [5.41, 5.74) is 0.560. The van der Waals surface area contributed by atoms with Gasteiger partial charge in [-0.3, -0.25) is 0 Å². The number of benzene rings is 1. The van der Waals surface area contributed by atoms with Crippen LogP contribution >= 0.6 is 0 Å². The zero-order valence-electron chi connectivity index (χ0n) is 8.66. The molecule has 0 saturated heterocycles. The molecule has 0 aliphatic carbocycles. The Balaban J connectivity index is 2.54. The summed E-state index contributed by atoms with van der Waals surface area (Å²) in [5.74, 6) is -1.03. The van der Waals surface area contributed by atoms with E-state index in [1.807, 2.05) is 0 Å². The predicted octanol–water partition coefficient (Wildman–Crippen LogP) is 1.56. The maximum Gasteiger partial charge on any atom is 0.173 e. The Labute approximate surface area is 87.6 Å². The molecule has 0 spiro atoms. The van der Waals surface area contributed by atoms with Gasteiger partial charge in [-0.05, 0) is 12.1 Å². The summed E-state index contributed by atoms with van der Waals surface area (Å²) in [6.45, 7) is 0.400. The summed E-state index contributed by atoms with van der Waals surface area (Å²) < 4.78 is 22.8. The van der Waals surface area contributed by atoms with Gasteiger partial charge in [0, 0.05) is 26.0 Å². The highest BCUT2D eigenvalue weighted by Gasteiger charge is 2.05. The first-order valence-corrected chi connectivity index (χ1v) is 4.45. The second-order valence-electron chi connectivity index (χ2n) is 2.95. The molecule has 1 aromatic rings. The molecular weight excluding hydrogens is 201 g/mol. The number of anilines is 1. The molecule has 1 rings (SSSR count). The smallest absolute Gasteiger partial charge is 0.173 e. The van der Waals surface area contributed by atoms with Gasteiger partial charge in [-0.1, -0.05) is 0 Å². The Bertz CT molecular complexity index is 316. The van der Waals surface area contributed by atoms with E-state index < -0.39 is 5.82 Å². The normalized spacial score (nSPS) is 10.7. The number of phenolic OH excluding ortho intramolecular Hbond substituents is 1. The fourth-order valence-corrected chi connectivity index (χ4v) is 1.08. The molecule has 2 N–H and O–H groups in total. The van der Waals surface area contributed by atoms with E-state index in [2.05, 4.69) is 5.32 Å². The maximum atomic E-state index is 12.9. The summed E-state index contributed by atoms with van der Waals surface area (Å²) in [4.78, 5) is 0. The molecule has 0 atom stereocenters. The molecule has 15 heavy (non-hydrogen) atoms. The first kappa shape index (κ1) is 11.7. The average Bonchev–Trinajstić information content (AvgIpc) is 2.24. The van der Waals surface area contributed by atoms with Crippen molar-refractivity contribution in [1.29, 1.82) is 0 Å². The van der Waals surface area contributed by atoms with Gasteiger partial charge in [0.15, 0.2) is 17.9 Å². The Kier molecular flexibility index (Phi) is 4.33. The Morgan fingerprint density at radius 3 is 2.60 bits per heavy atom. The van der Waals surface area contributed by atoms with Gasteiger partial charge in [0.2, 0.25) is 0 Å². The van der Waals surface area contributed by atoms with Gasteiger partial charge < -0.3 is 19.9 Å². The topological polar surface area (TPSA) is 50.7 Å². The molecule has 84 valence electrons. The fraction of sp³-hybridized carbons (Fsp3) is 0.400. The summed E-state index contributed by atoms with van der Waals surface area (Å²) in [6.07, 6.45) is -0.387. The van der Waals surface area contributed by atoms with Crippen molar-refractivity contribution in [3.63, 3.8) is 0 Å². The van der Waals surface area contributed by atoms with Crippen molar-refractivity contribution >= 4 is 5.69 Å². The lowest BCUT2D eigenvalue weighted by Crippen LogP contribution is -2.23. The van der Waals surface area contributed by atoms with Gasteiger partial charge in [-0.25, -0.2) is 4.39 Å². The van der Waals surface area contributed by atoms with Crippen LogP contribution in [0.2, 0.25) is 0 Å². The van der Waals surface area contributed by atoms with Crippen molar-refractivity contribution in [3.05, 3.63) is 24.0 Å². The van der Waals surface area contributed by atoms with Crippen LogP contribution in [0.25, 0.3) is 0 Å². The lowest BCUT2D eigenvalue weighted by Gasteiger charge is -2.14. The van der Waals surface area contributed by atoms with E-state index in [-0.39, 0.29) is 12.0 Å². The first-order chi connectivity index (χ1) is 7.17. The van der Waals surface area contributed by atoms with Crippen LogP contribution in [-0.4, -0.2) is 32.2 Å². The summed E-state index contributed by atoms with van der Waals surface area (Å²) in [7, 11) is 3.04. The van der Waals surface area contributed by atoms with Gasteiger partial charge in [-0.2, -0.15) is 0 Å². The molecule has 0 radical (unpaired) electrons. The fourth-order valence-electron chi connectivity index (χ4n) is 1.08. The summed E-state index contributed by atoms with van der Waals surface area (Å²) in [6, 6.07) is 4.06. The van der Waals surface area contributed by atoms with Crippen LogP contribution in [0.1, 0.15) is 0 Å². The van der Waals surface area contributed by atoms with Gasteiger partial charge in [0.1, 0.15) is 0 Å². The van der Waals surface area contributed by atoms with Crippen molar-refractivity contribution in [2.75, 3.05) is 26.1 Å². The Morgan fingerprint density at radius 2 is 2.07 bits per heavy atom. The van der Waals surface area contributed by atoms with E-state index in [9.17, 15) is 4.39 Å². The third kappa shape index (κ3) is 3.38. The summed E-state index contributed by atoms with van der Waals surface area (Å²) in [5, 5.41) is 11.9. The molecule has 5 heteroatoms. The quantitative estimate of drug-likeness (QED) is 0.578. The largest absolute Gasteiger partial charge is 0.505 e. The van der Waals surface area contributed by atoms with E-state index in [0.717, 1.165) is 0 Å². The number of methoxy groups -OCH3 is 2. The predicted molar refractivity (Wildman–Crippen MR) is 54.4 cm³/mol. The van der Waals surface area contributed by atoms with Crippen LogP contribution in [0.4, 0.5) is 10.1 Å². The number of halogens is 1. The third-order valence-corrected chi connectivity index (χ3v) is 1.95. The highest BCUT2D eigenvalue weighted by atomic mass is 19.1. The average molecular weight is 215 g/mol.